The van der Waals surface area contributed by atoms with Crippen LogP contribution in [0, 0.1) is 0 Å². The minimum absolute atomic E-state index is 0.147. The Kier molecular flexibility index (Phi) is 3.43. The van der Waals surface area contributed by atoms with Crippen LogP contribution < -0.4 is 5.32 Å². The Hall–Kier alpha value is -1.82. The van der Waals surface area contributed by atoms with Gasteiger partial charge in [-0.25, -0.2) is 0 Å². The van der Waals surface area contributed by atoms with Crippen LogP contribution in [0.5, 0.6) is 0 Å². The van der Waals surface area contributed by atoms with Gasteiger partial charge < -0.3 is 14.8 Å². The molecule has 0 saturated carbocycles. The van der Waals surface area contributed by atoms with Gasteiger partial charge in [-0.15, -0.1) is 0 Å². The van der Waals surface area contributed by atoms with Gasteiger partial charge in [0.15, 0.2) is 0 Å². The highest BCUT2D eigenvalue weighted by Gasteiger charge is 2.07. The lowest BCUT2D eigenvalue weighted by Gasteiger charge is -2.00. The van der Waals surface area contributed by atoms with E-state index in [0.29, 0.717) is 5.69 Å². The minimum atomic E-state index is -0.937. The zero-order valence-corrected chi connectivity index (χ0v) is 10.3. The normalized spacial score (nSPS) is 10.2. The Balaban J connectivity index is 2.06. The first kappa shape index (κ1) is 11.7. The second kappa shape index (κ2) is 5.01. The Bertz CT molecular complexity index is 522. The number of carboxylic acids is 1. The lowest BCUT2D eigenvalue weighted by molar-refractivity contribution is -0.136. The summed E-state index contributed by atoms with van der Waals surface area (Å²) in [5, 5.41) is 11.5. The number of aliphatic carboxylic acids is 1. The predicted octanol–water partition coefficient (Wildman–Crippen LogP) is 2.81. The molecule has 1 aromatic heterocycles. The Morgan fingerprint density at radius 2 is 2.12 bits per heavy atom. The average Bonchev–Trinajstić information content (AvgIpc) is 2.68. The van der Waals surface area contributed by atoms with Crippen LogP contribution in [0.15, 0.2) is 39.4 Å². The van der Waals surface area contributed by atoms with Crippen molar-refractivity contribution in [1.29, 1.82) is 0 Å². The van der Waals surface area contributed by atoms with E-state index in [1.807, 2.05) is 24.3 Å². The maximum Gasteiger partial charge on any atom is 0.309 e. The molecule has 0 atom stereocenters. The van der Waals surface area contributed by atoms with Gasteiger partial charge in [0.05, 0.1) is 12.1 Å². The van der Waals surface area contributed by atoms with E-state index < -0.39 is 5.97 Å². The van der Waals surface area contributed by atoms with Gasteiger partial charge in [-0.05, 0) is 24.3 Å². The molecular formula is C11H9BrN2O3. The highest BCUT2D eigenvalue weighted by Crippen LogP contribution is 2.18. The molecule has 5 nitrogen and oxygen atoms in total. The van der Waals surface area contributed by atoms with Crippen LogP contribution in [-0.2, 0) is 11.2 Å². The lowest BCUT2D eigenvalue weighted by Crippen LogP contribution is -2.00. The number of rotatable bonds is 4. The van der Waals surface area contributed by atoms with Crippen LogP contribution >= 0.6 is 15.9 Å². The topological polar surface area (TPSA) is 75.4 Å². The number of carbonyl (C=O) groups is 1. The van der Waals surface area contributed by atoms with Gasteiger partial charge in [-0.3, -0.25) is 4.79 Å². The first-order chi connectivity index (χ1) is 8.13. The largest absolute Gasteiger partial charge is 0.481 e. The number of oxazole rings is 1. The van der Waals surface area contributed by atoms with Gasteiger partial charge in [0, 0.05) is 10.2 Å². The Morgan fingerprint density at radius 3 is 2.76 bits per heavy atom. The SMILES string of the molecule is O=C(O)Cc1coc(Nc2ccc(Br)cc2)n1. The summed E-state index contributed by atoms with van der Waals surface area (Å²) in [7, 11) is 0. The molecule has 0 aliphatic heterocycles. The molecule has 0 aliphatic carbocycles. The zero-order valence-electron chi connectivity index (χ0n) is 8.68. The zero-order chi connectivity index (χ0) is 12.3. The lowest BCUT2D eigenvalue weighted by atomic mass is 10.3. The highest BCUT2D eigenvalue weighted by atomic mass is 79.9. The number of nitrogens with zero attached hydrogens (tertiary/aromatic N) is 1. The summed E-state index contributed by atoms with van der Waals surface area (Å²) in [6.45, 7) is 0. The third-order valence-corrected chi connectivity index (χ3v) is 2.51. The van der Waals surface area contributed by atoms with Gasteiger partial charge in [-0.2, -0.15) is 4.98 Å². The van der Waals surface area contributed by atoms with Crippen LogP contribution in [0.4, 0.5) is 11.7 Å². The van der Waals surface area contributed by atoms with E-state index >= 15 is 0 Å². The van der Waals surface area contributed by atoms with Crippen LogP contribution in [0.25, 0.3) is 0 Å². The summed E-state index contributed by atoms with van der Waals surface area (Å²) in [5.41, 5.74) is 1.20. The Labute approximate surface area is 106 Å². The summed E-state index contributed by atoms with van der Waals surface area (Å²) in [5.74, 6) is -0.937. The third kappa shape index (κ3) is 3.32. The van der Waals surface area contributed by atoms with Crippen LogP contribution in [0.2, 0.25) is 0 Å². The number of anilines is 2. The van der Waals surface area contributed by atoms with Crippen molar-refractivity contribution in [3.8, 4) is 0 Å². The quantitative estimate of drug-likeness (QED) is 0.907. The van der Waals surface area contributed by atoms with E-state index in [2.05, 4.69) is 26.2 Å². The van der Waals surface area contributed by atoms with Crippen LogP contribution in [0.1, 0.15) is 5.69 Å². The van der Waals surface area contributed by atoms with Crippen molar-refractivity contribution in [3.63, 3.8) is 0 Å². The van der Waals surface area contributed by atoms with E-state index in [1.165, 1.54) is 6.26 Å². The summed E-state index contributed by atoms with van der Waals surface area (Å²) in [6, 6.07) is 7.74. The predicted molar refractivity (Wildman–Crippen MR) is 65.3 cm³/mol. The number of benzene rings is 1. The molecule has 2 rings (SSSR count). The van der Waals surface area contributed by atoms with Crippen molar-refractivity contribution in [2.24, 2.45) is 0 Å². The van der Waals surface area contributed by atoms with Crippen LogP contribution in [0.3, 0.4) is 0 Å². The molecular weight excluding hydrogens is 288 g/mol. The number of nitrogens with one attached hydrogen (secondary N) is 1. The Morgan fingerprint density at radius 1 is 1.41 bits per heavy atom. The molecule has 2 N–H and O–H groups in total. The maximum atomic E-state index is 10.5. The fourth-order valence-corrected chi connectivity index (χ4v) is 1.52. The molecule has 0 unspecified atom stereocenters. The van der Waals surface area contributed by atoms with E-state index in [-0.39, 0.29) is 12.4 Å². The number of hydrogen-bond donors (Lipinski definition) is 2. The fraction of sp³-hybridized carbons (Fsp3) is 0.0909. The third-order valence-electron chi connectivity index (χ3n) is 1.98. The van der Waals surface area contributed by atoms with E-state index in [1.54, 1.807) is 0 Å². The minimum Gasteiger partial charge on any atom is -0.481 e. The molecule has 88 valence electrons. The molecule has 1 aromatic carbocycles. The van der Waals surface area contributed by atoms with Crippen molar-refractivity contribution in [3.05, 3.63) is 40.7 Å². The van der Waals surface area contributed by atoms with Crippen molar-refractivity contribution in [2.75, 3.05) is 5.32 Å². The maximum absolute atomic E-state index is 10.5. The van der Waals surface area contributed by atoms with Gasteiger partial charge in [0.25, 0.3) is 6.01 Å². The molecule has 17 heavy (non-hydrogen) atoms. The van der Waals surface area contributed by atoms with E-state index in [0.717, 1.165) is 10.2 Å². The summed E-state index contributed by atoms with van der Waals surface area (Å²) >= 11 is 3.33. The summed E-state index contributed by atoms with van der Waals surface area (Å²) in [6.07, 6.45) is 1.18. The molecule has 1 heterocycles. The second-order valence-corrected chi connectivity index (χ2v) is 4.26. The van der Waals surface area contributed by atoms with Crippen molar-refractivity contribution in [2.45, 2.75) is 6.42 Å². The molecule has 0 saturated heterocycles. The number of carboxylic acid groups (broad SMARTS) is 1. The molecule has 0 fully saturated rings. The number of aromatic nitrogens is 1. The van der Waals surface area contributed by atoms with Gasteiger partial charge in [0.1, 0.15) is 6.26 Å². The molecule has 0 aliphatic rings. The van der Waals surface area contributed by atoms with Crippen molar-refractivity contribution in [1.82, 2.24) is 4.98 Å². The summed E-state index contributed by atoms with van der Waals surface area (Å²) in [4.78, 5) is 14.5. The molecule has 2 aromatic rings. The van der Waals surface area contributed by atoms with Crippen molar-refractivity contribution < 1.29 is 14.3 Å². The highest BCUT2D eigenvalue weighted by molar-refractivity contribution is 9.10. The monoisotopic (exact) mass is 296 g/mol. The summed E-state index contributed by atoms with van der Waals surface area (Å²) < 4.78 is 6.08. The first-order valence-electron chi connectivity index (χ1n) is 4.82. The molecule has 0 radical (unpaired) electrons. The van der Waals surface area contributed by atoms with Gasteiger partial charge >= 0.3 is 5.97 Å². The fourth-order valence-electron chi connectivity index (χ4n) is 1.26. The van der Waals surface area contributed by atoms with Gasteiger partial charge in [-0.1, -0.05) is 15.9 Å². The number of hydrogen-bond acceptors (Lipinski definition) is 4. The van der Waals surface area contributed by atoms with Gasteiger partial charge in [0.2, 0.25) is 0 Å². The van der Waals surface area contributed by atoms with Crippen LogP contribution in [-0.4, -0.2) is 16.1 Å². The average molecular weight is 297 g/mol. The number of halogens is 1. The molecule has 0 amide bonds. The smallest absolute Gasteiger partial charge is 0.309 e. The second-order valence-electron chi connectivity index (χ2n) is 3.35. The van der Waals surface area contributed by atoms with E-state index in [9.17, 15) is 4.79 Å². The molecule has 0 bridgehead atoms. The van der Waals surface area contributed by atoms with Crippen molar-refractivity contribution >= 4 is 33.6 Å². The molecule has 0 spiro atoms. The molecule has 6 heteroatoms. The first-order valence-corrected chi connectivity index (χ1v) is 5.61. The van der Waals surface area contributed by atoms with E-state index in [4.69, 9.17) is 9.52 Å². The standard InChI is InChI=1S/C11H9BrN2O3/c12-7-1-3-8(4-2-7)13-11-14-9(6-17-11)5-10(15)16/h1-4,6H,5H2,(H,13,14)(H,15,16).